The van der Waals surface area contributed by atoms with Gasteiger partial charge in [-0.05, 0) is 50.1 Å². The lowest BCUT2D eigenvalue weighted by Gasteiger charge is -2.24. The van der Waals surface area contributed by atoms with Gasteiger partial charge in [-0.25, -0.2) is 4.68 Å². The summed E-state index contributed by atoms with van der Waals surface area (Å²) in [4.78, 5) is 2.51. The zero-order valence-corrected chi connectivity index (χ0v) is 14.7. The van der Waals surface area contributed by atoms with Gasteiger partial charge in [0.25, 0.3) is 0 Å². The number of rotatable bonds is 6. The van der Waals surface area contributed by atoms with E-state index in [1.165, 1.54) is 24.1 Å². The topological polar surface area (TPSA) is 64.7 Å². The fraction of sp³-hybridized carbons (Fsp3) is 0.750. The minimum atomic E-state index is 0.431. The Labute approximate surface area is 137 Å². The van der Waals surface area contributed by atoms with Crippen LogP contribution in [-0.4, -0.2) is 41.4 Å². The van der Waals surface area contributed by atoms with Crippen LogP contribution in [0.2, 0.25) is 0 Å². The molecule has 0 aliphatic carbocycles. The molecule has 1 fully saturated rings. The molecule has 0 aromatic carbocycles. The Morgan fingerprint density at radius 3 is 2.78 bits per heavy atom. The van der Waals surface area contributed by atoms with Crippen molar-refractivity contribution in [2.24, 2.45) is 7.05 Å². The van der Waals surface area contributed by atoms with E-state index in [-0.39, 0.29) is 0 Å². The van der Waals surface area contributed by atoms with E-state index in [1.54, 1.807) is 0 Å². The van der Waals surface area contributed by atoms with Crippen molar-refractivity contribution in [3.63, 3.8) is 0 Å². The van der Waals surface area contributed by atoms with Crippen LogP contribution in [0.1, 0.15) is 61.4 Å². The van der Waals surface area contributed by atoms with E-state index in [9.17, 15) is 0 Å². The third kappa shape index (κ3) is 3.15. The number of aryl methyl sites for hydroxylation is 3. The first-order valence-corrected chi connectivity index (χ1v) is 8.61. The second kappa shape index (κ2) is 6.78. The molecule has 1 saturated heterocycles. The monoisotopic (exact) mass is 317 g/mol. The first-order valence-electron chi connectivity index (χ1n) is 8.61. The first kappa shape index (κ1) is 16.1. The van der Waals surface area contributed by atoms with E-state index in [0.717, 1.165) is 44.0 Å². The lowest BCUT2D eigenvalue weighted by molar-refractivity contribution is 0.235. The highest BCUT2D eigenvalue weighted by molar-refractivity contribution is 5.29. The van der Waals surface area contributed by atoms with Gasteiger partial charge < -0.3 is 0 Å². The van der Waals surface area contributed by atoms with Crippen molar-refractivity contribution in [3.8, 4) is 0 Å². The molecule has 3 heterocycles. The minimum absolute atomic E-state index is 0.431. The first-order chi connectivity index (χ1) is 11.1. The molecule has 7 heteroatoms. The normalized spacial score (nSPS) is 18.9. The largest absolute Gasteiger partial charge is 0.289 e. The van der Waals surface area contributed by atoms with E-state index < -0.39 is 0 Å². The molecule has 0 saturated carbocycles. The number of likely N-dealkylation sites (tertiary alicyclic amines) is 1. The van der Waals surface area contributed by atoms with Gasteiger partial charge in [0.15, 0.2) is 5.82 Å². The summed E-state index contributed by atoms with van der Waals surface area (Å²) < 4.78 is 3.95. The summed E-state index contributed by atoms with van der Waals surface area (Å²) in [7, 11) is 2.02. The number of nitrogens with zero attached hydrogens (tertiary/aromatic N) is 7. The van der Waals surface area contributed by atoms with E-state index in [4.69, 9.17) is 0 Å². The molecule has 126 valence electrons. The molecule has 0 unspecified atom stereocenters. The second-order valence-electron chi connectivity index (χ2n) is 6.51. The van der Waals surface area contributed by atoms with E-state index in [2.05, 4.69) is 46.3 Å². The molecule has 7 nitrogen and oxygen atoms in total. The van der Waals surface area contributed by atoms with Gasteiger partial charge in [-0.1, -0.05) is 13.3 Å². The van der Waals surface area contributed by atoms with Crippen molar-refractivity contribution in [3.05, 3.63) is 22.8 Å². The van der Waals surface area contributed by atoms with Crippen molar-refractivity contribution < 1.29 is 0 Å². The summed E-state index contributed by atoms with van der Waals surface area (Å²) >= 11 is 0. The van der Waals surface area contributed by atoms with Gasteiger partial charge in [0.05, 0.1) is 12.2 Å². The molecule has 0 bridgehead atoms. The van der Waals surface area contributed by atoms with Crippen LogP contribution in [0.5, 0.6) is 0 Å². The molecule has 0 radical (unpaired) electrons. The van der Waals surface area contributed by atoms with Crippen molar-refractivity contribution >= 4 is 0 Å². The van der Waals surface area contributed by atoms with Gasteiger partial charge >= 0.3 is 0 Å². The van der Waals surface area contributed by atoms with E-state index >= 15 is 0 Å². The predicted octanol–water partition coefficient (Wildman–Crippen LogP) is 2.16. The van der Waals surface area contributed by atoms with E-state index in [1.807, 2.05) is 16.4 Å². The fourth-order valence-electron chi connectivity index (χ4n) is 3.61. The van der Waals surface area contributed by atoms with Gasteiger partial charge in [0.1, 0.15) is 0 Å². The highest BCUT2D eigenvalue weighted by atomic mass is 15.5. The predicted molar refractivity (Wildman–Crippen MR) is 87.8 cm³/mol. The van der Waals surface area contributed by atoms with Gasteiger partial charge in [0.2, 0.25) is 0 Å². The molecular weight excluding hydrogens is 290 g/mol. The van der Waals surface area contributed by atoms with Crippen LogP contribution in [0, 0.1) is 13.8 Å². The summed E-state index contributed by atoms with van der Waals surface area (Å²) in [5, 5.41) is 16.9. The Morgan fingerprint density at radius 1 is 1.26 bits per heavy atom. The Kier molecular flexibility index (Phi) is 4.75. The molecule has 1 aliphatic rings. The van der Waals surface area contributed by atoms with Gasteiger partial charge in [-0.3, -0.25) is 9.58 Å². The van der Waals surface area contributed by atoms with Gasteiger partial charge in [0, 0.05) is 30.9 Å². The van der Waals surface area contributed by atoms with Gasteiger partial charge in [-0.15, -0.1) is 5.10 Å². The highest BCUT2D eigenvalue weighted by Crippen LogP contribution is 2.36. The number of unbranched alkanes of at least 4 members (excludes halogenated alkanes) is 1. The maximum absolute atomic E-state index is 4.59. The molecule has 0 spiro atoms. The van der Waals surface area contributed by atoms with Crippen LogP contribution >= 0.6 is 0 Å². The Balaban J connectivity index is 1.79. The number of hydrogen-bond acceptors (Lipinski definition) is 5. The molecule has 0 N–H and O–H groups in total. The summed E-state index contributed by atoms with van der Waals surface area (Å²) in [5.74, 6) is 0.976. The SMILES string of the molecule is CCCCn1nnnc1CN1CCC[C@@H]1c1c(C)nn(C)c1C. The Hall–Kier alpha value is -1.76. The van der Waals surface area contributed by atoms with Crippen LogP contribution in [0.3, 0.4) is 0 Å². The molecule has 0 amide bonds. The summed E-state index contributed by atoms with van der Waals surface area (Å²) in [5.41, 5.74) is 3.80. The Morgan fingerprint density at radius 2 is 2.09 bits per heavy atom. The van der Waals surface area contributed by atoms with Crippen LogP contribution in [0.15, 0.2) is 0 Å². The van der Waals surface area contributed by atoms with Crippen molar-refractivity contribution in [2.75, 3.05) is 6.54 Å². The number of hydrogen-bond donors (Lipinski definition) is 0. The lowest BCUT2D eigenvalue weighted by atomic mass is 10.0. The van der Waals surface area contributed by atoms with Crippen LogP contribution in [0.25, 0.3) is 0 Å². The molecule has 1 aliphatic heterocycles. The molecular formula is C16H27N7. The molecule has 23 heavy (non-hydrogen) atoms. The zero-order valence-electron chi connectivity index (χ0n) is 14.7. The summed E-state index contributed by atoms with van der Waals surface area (Å²) in [6.45, 7) is 9.28. The molecule has 3 rings (SSSR count). The highest BCUT2D eigenvalue weighted by Gasteiger charge is 2.31. The maximum Gasteiger partial charge on any atom is 0.165 e. The van der Waals surface area contributed by atoms with E-state index in [0.29, 0.717) is 6.04 Å². The van der Waals surface area contributed by atoms with Crippen molar-refractivity contribution in [1.82, 2.24) is 34.9 Å². The third-order valence-corrected chi connectivity index (χ3v) is 4.94. The summed E-state index contributed by atoms with van der Waals surface area (Å²) in [6, 6.07) is 0.431. The number of aromatic nitrogens is 6. The second-order valence-corrected chi connectivity index (χ2v) is 6.51. The minimum Gasteiger partial charge on any atom is -0.289 e. The fourth-order valence-corrected chi connectivity index (χ4v) is 3.61. The molecule has 1 atom stereocenters. The van der Waals surface area contributed by atoms with Crippen LogP contribution in [-0.2, 0) is 20.1 Å². The maximum atomic E-state index is 4.59. The quantitative estimate of drug-likeness (QED) is 0.817. The van der Waals surface area contributed by atoms with Crippen LogP contribution < -0.4 is 0 Å². The lowest BCUT2D eigenvalue weighted by Crippen LogP contribution is -2.25. The standard InChI is InChI=1S/C16H27N7/c1-5-6-10-23-15(17-19-20-23)11-22-9-7-8-14(22)16-12(2)18-21(4)13(16)3/h14H,5-11H2,1-4H3/t14-/m1/s1. The van der Waals surface area contributed by atoms with Crippen molar-refractivity contribution in [1.29, 1.82) is 0 Å². The average Bonchev–Trinajstić information content (AvgIpc) is 3.20. The van der Waals surface area contributed by atoms with Crippen LogP contribution in [0.4, 0.5) is 0 Å². The molecule has 2 aromatic rings. The smallest absolute Gasteiger partial charge is 0.165 e. The third-order valence-electron chi connectivity index (χ3n) is 4.94. The average molecular weight is 317 g/mol. The zero-order chi connectivity index (χ0) is 16.4. The van der Waals surface area contributed by atoms with Crippen molar-refractivity contribution in [2.45, 2.75) is 65.6 Å². The molecule has 2 aromatic heterocycles. The van der Waals surface area contributed by atoms with Gasteiger partial charge in [-0.2, -0.15) is 5.10 Å². The Bertz CT molecular complexity index is 657. The summed E-state index contributed by atoms with van der Waals surface area (Å²) in [6.07, 6.45) is 4.67. The number of tetrazole rings is 1.